The van der Waals surface area contributed by atoms with Gasteiger partial charge in [0.25, 0.3) is 0 Å². The van der Waals surface area contributed by atoms with Crippen LogP contribution in [0, 0.1) is 0 Å². The van der Waals surface area contributed by atoms with E-state index in [2.05, 4.69) is 26.3 Å². The van der Waals surface area contributed by atoms with Crippen LogP contribution in [0.1, 0.15) is 11.4 Å². The molecule has 6 heteroatoms. The second kappa shape index (κ2) is 7.33. The van der Waals surface area contributed by atoms with Crippen molar-refractivity contribution < 1.29 is 9.15 Å². The molecule has 3 heterocycles. The summed E-state index contributed by atoms with van der Waals surface area (Å²) in [6.07, 6.45) is 6.91. The summed E-state index contributed by atoms with van der Waals surface area (Å²) in [6, 6.07) is 12.0. The molecule has 0 aliphatic carbocycles. The Balaban J connectivity index is 1.43. The number of fused-ring (bicyclic) bond motifs is 1. The third-order valence-corrected chi connectivity index (χ3v) is 4.11. The highest BCUT2D eigenvalue weighted by molar-refractivity contribution is 5.80. The van der Waals surface area contributed by atoms with Crippen LogP contribution >= 0.6 is 0 Å². The Morgan fingerprint density at radius 2 is 1.88 bits per heavy atom. The third kappa shape index (κ3) is 3.41. The summed E-state index contributed by atoms with van der Waals surface area (Å²) >= 11 is 0. The SMILES string of the molecule is COc1nc2ccccc2cc1CNCc1ncc(-c2ccoc2)cn1. The van der Waals surface area contributed by atoms with Crippen LogP contribution in [-0.4, -0.2) is 22.1 Å². The van der Waals surface area contributed by atoms with Gasteiger partial charge >= 0.3 is 0 Å². The molecule has 0 aliphatic rings. The van der Waals surface area contributed by atoms with Crippen LogP contribution in [-0.2, 0) is 13.1 Å². The van der Waals surface area contributed by atoms with E-state index >= 15 is 0 Å². The van der Waals surface area contributed by atoms with Crippen LogP contribution in [0.3, 0.4) is 0 Å². The molecule has 6 nitrogen and oxygen atoms in total. The van der Waals surface area contributed by atoms with Gasteiger partial charge in [-0.25, -0.2) is 15.0 Å². The van der Waals surface area contributed by atoms with Crippen molar-refractivity contribution in [1.29, 1.82) is 0 Å². The van der Waals surface area contributed by atoms with E-state index in [9.17, 15) is 0 Å². The topological polar surface area (TPSA) is 73.1 Å². The highest BCUT2D eigenvalue weighted by Crippen LogP contribution is 2.22. The smallest absolute Gasteiger partial charge is 0.218 e. The van der Waals surface area contributed by atoms with E-state index in [0.29, 0.717) is 19.0 Å². The van der Waals surface area contributed by atoms with Gasteiger partial charge in [-0.1, -0.05) is 18.2 Å². The molecule has 0 atom stereocenters. The fourth-order valence-electron chi connectivity index (χ4n) is 2.78. The number of benzene rings is 1. The van der Waals surface area contributed by atoms with Gasteiger partial charge in [-0.05, 0) is 18.2 Å². The van der Waals surface area contributed by atoms with Crippen molar-refractivity contribution in [1.82, 2.24) is 20.3 Å². The molecule has 4 aromatic rings. The predicted molar refractivity (Wildman–Crippen MR) is 98.6 cm³/mol. The number of para-hydroxylation sites is 1. The van der Waals surface area contributed by atoms with Gasteiger partial charge in [-0.2, -0.15) is 0 Å². The average Bonchev–Trinajstić information content (AvgIpc) is 3.23. The largest absolute Gasteiger partial charge is 0.481 e. The molecule has 0 amide bonds. The van der Waals surface area contributed by atoms with Crippen molar-refractivity contribution in [3.63, 3.8) is 0 Å². The lowest BCUT2D eigenvalue weighted by molar-refractivity contribution is 0.392. The lowest BCUT2D eigenvalue weighted by atomic mass is 10.1. The summed E-state index contributed by atoms with van der Waals surface area (Å²) in [7, 11) is 1.64. The molecule has 1 N–H and O–H groups in total. The maximum absolute atomic E-state index is 5.42. The molecule has 0 spiro atoms. The minimum atomic E-state index is 0.557. The number of methoxy groups -OCH3 is 1. The lowest BCUT2D eigenvalue weighted by Gasteiger charge is -2.10. The van der Waals surface area contributed by atoms with Crippen molar-refractivity contribution in [2.75, 3.05) is 7.11 Å². The minimum absolute atomic E-state index is 0.557. The molecular formula is C20H18N4O2. The Hall–Kier alpha value is -3.25. The molecule has 0 saturated heterocycles. The summed E-state index contributed by atoms with van der Waals surface area (Å²) in [4.78, 5) is 13.3. The van der Waals surface area contributed by atoms with Crippen LogP contribution < -0.4 is 10.1 Å². The summed E-state index contributed by atoms with van der Waals surface area (Å²) < 4.78 is 10.5. The van der Waals surface area contributed by atoms with Crippen molar-refractivity contribution in [3.05, 3.63) is 72.7 Å². The lowest BCUT2D eigenvalue weighted by Crippen LogP contribution is -2.15. The number of furan rings is 1. The van der Waals surface area contributed by atoms with Gasteiger partial charge in [0, 0.05) is 41.0 Å². The average molecular weight is 346 g/mol. The van der Waals surface area contributed by atoms with Gasteiger partial charge in [-0.3, -0.25) is 0 Å². The fraction of sp³-hybridized carbons (Fsp3) is 0.150. The zero-order valence-corrected chi connectivity index (χ0v) is 14.3. The van der Waals surface area contributed by atoms with Crippen LogP contribution in [0.4, 0.5) is 0 Å². The van der Waals surface area contributed by atoms with Gasteiger partial charge in [0.15, 0.2) is 0 Å². The number of aromatic nitrogens is 3. The van der Waals surface area contributed by atoms with Gasteiger partial charge < -0.3 is 14.5 Å². The minimum Gasteiger partial charge on any atom is -0.481 e. The van der Waals surface area contributed by atoms with Gasteiger partial charge in [0.1, 0.15) is 5.82 Å². The van der Waals surface area contributed by atoms with Crippen molar-refractivity contribution in [2.45, 2.75) is 13.1 Å². The summed E-state index contributed by atoms with van der Waals surface area (Å²) in [6.45, 7) is 1.18. The standard InChI is InChI=1S/C20H18N4O2/c1-25-20-16(8-14-4-2-3-5-18(14)24-20)9-21-12-19-22-10-17(11-23-19)15-6-7-26-13-15/h2-8,10-11,13,21H,9,12H2,1H3. The van der Waals surface area contributed by atoms with Gasteiger partial charge in [0.05, 0.1) is 31.7 Å². The Bertz CT molecular complexity index is 998. The third-order valence-electron chi connectivity index (χ3n) is 4.11. The number of nitrogens with one attached hydrogen (secondary N) is 1. The molecule has 130 valence electrons. The maximum atomic E-state index is 5.42. The monoisotopic (exact) mass is 346 g/mol. The fourth-order valence-corrected chi connectivity index (χ4v) is 2.78. The molecule has 0 saturated carbocycles. The maximum Gasteiger partial charge on any atom is 0.218 e. The number of nitrogens with zero attached hydrogens (tertiary/aromatic N) is 3. The van der Waals surface area contributed by atoms with E-state index in [1.54, 1.807) is 32.0 Å². The van der Waals surface area contributed by atoms with Gasteiger partial charge in [-0.15, -0.1) is 0 Å². The first-order valence-corrected chi connectivity index (χ1v) is 8.30. The predicted octanol–water partition coefficient (Wildman–Crippen LogP) is 3.58. The summed E-state index contributed by atoms with van der Waals surface area (Å²) in [5, 5.41) is 4.44. The number of rotatable bonds is 6. The van der Waals surface area contributed by atoms with Gasteiger partial charge in [0.2, 0.25) is 5.88 Å². The molecule has 0 fully saturated rings. The molecule has 0 aliphatic heterocycles. The Morgan fingerprint density at radius 1 is 1.04 bits per heavy atom. The van der Waals surface area contributed by atoms with E-state index in [-0.39, 0.29) is 0 Å². The van der Waals surface area contributed by atoms with Crippen molar-refractivity contribution in [3.8, 4) is 17.0 Å². The molecular weight excluding hydrogens is 328 g/mol. The quantitative estimate of drug-likeness (QED) is 0.575. The Labute approximate surface area is 150 Å². The molecule has 1 aromatic carbocycles. The van der Waals surface area contributed by atoms with Crippen LogP contribution in [0.25, 0.3) is 22.0 Å². The summed E-state index contributed by atoms with van der Waals surface area (Å²) in [5.74, 6) is 1.36. The molecule has 26 heavy (non-hydrogen) atoms. The van der Waals surface area contributed by atoms with Crippen molar-refractivity contribution in [2.24, 2.45) is 0 Å². The molecule has 4 rings (SSSR count). The van der Waals surface area contributed by atoms with E-state index < -0.39 is 0 Å². The highest BCUT2D eigenvalue weighted by Gasteiger charge is 2.08. The second-order valence-electron chi connectivity index (χ2n) is 5.85. The Kier molecular flexibility index (Phi) is 4.57. The first-order chi connectivity index (χ1) is 12.8. The van der Waals surface area contributed by atoms with E-state index in [4.69, 9.17) is 9.15 Å². The molecule has 3 aromatic heterocycles. The highest BCUT2D eigenvalue weighted by atomic mass is 16.5. The Morgan fingerprint density at radius 3 is 2.65 bits per heavy atom. The van der Waals surface area contributed by atoms with Crippen LogP contribution in [0.15, 0.2) is 65.7 Å². The first-order valence-electron chi connectivity index (χ1n) is 8.30. The van der Waals surface area contributed by atoms with E-state index in [0.717, 1.165) is 33.4 Å². The number of pyridine rings is 1. The molecule has 0 radical (unpaired) electrons. The normalized spacial score (nSPS) is 11.0. The molecule has 0 bridgehead atoms. The molecule has 0 unspecified atom stereocenters. The zero-order valence-electron chi connectivity index (χ0n) is 14.3. The van der Waals surface area contributed by atoms with Crippen LogP contribution in [0.5, 0.6) is 5.88 Å². The van der Waals surface area contributed by atoms with Crippen LogP contribution in [0.2, 0.25) is 0 Å². The number of ether oxygens (including phenoxy) is 1. The second-order valence-corrected chi connectivity index (χ2v) is 5.85. The first kappa shape index (κ1) is 16.2. The zero-order chi connectivity index (χ0) is 17.8. The number of hydrogen-bond donors (Lipinski definition) is 1. The van der Waals surface area contributed by atoms with Crippen molar-refractivity contribution >= 4 is 10.9 Å². The summed E-state index contributed by atoms with van der Waals surface area (Å²) in [5.41, 5.74) is 3.83. The number of hydrogen-bond acceptors (Lipinski definition) is 6. The van der Waals surface area contributed by atoms with E-state index in [1.165, 1.54) is 0 Å². The van der Waals surface area contributed by atoms with E-state index in [1.807, 2.05) is 30.3 Å².